The average Bonchev–Trinajstić information content (AvgIpc) is 3.25. The van der Waals surface area contributed by atoms with E-state index in [9.17, 15) is 14.7 Å². The van der Waals surface area contributed by atoms with Gasteiger partial charge in [-0.2, -0.15) is 0 Å². The Morgan fingerprint density at radius 3 is 2.60 bits per heavy atom. The zero-order chi connectivity index (χ0) is 18.1. The number of Topliss-reactive ketones (excluding diaryl/α,β-unsaturated/α-hetero) is 1. The van der Waals surface area contributed by atoms with Gasteiger partial charge in [0.2, 0.25) is 5.43 Å². The van der Waals surface area contributed by atoms with Crippen molar-refractivity contribution < 1.29 is 14.6 Å². The number of ether oxygens (including phenoxy) is 1. The minimum atomic E-state index is -0.211. The summed E-state index contributed by atoms with van der Waals surface area (Å²) in [6.45, 7) is 3.89. The molecule has 3 heterocycles. The van der Waals surface area contributed by atoms with Crippen LogP contribution in [0.1, 0.15) is 67.3 Å². The molecular weight excluding hydrogens is 435 g/mol. The van der Waals surface area contributed by atoms with Crippen molar-refractivity contribution in [2.75, 3.05) is 26.8 Å². The summed E-state index contributed by atoms with van der Waals surface area (Å²) in [7, 11) is 1.43. The monoisotopic (exact) mass is 460 g/mol. The lowest BCUT2D eigenvalue weighted by molar-refractivity contribution is 0.0963. The molecular formula is C18H25IN2O4. The van der Waals surface area contributed by atoms with Gasteiger partial charge < -0.3 is 14.4 Å². The number of aliphatic hydroxyl groups excluding tert-OH is 1. The van der Waals surface area contributed by atoms with Gasteiger partial charge in [-0.1, -0.05) is 6.92 Å². The molecule has 0 unspecified atom stereocenters. The molecule has 1 saturated heterocycles. The molecule has 0 saturated carbocycles. The lowest BCUT2D eigenvalue weighted by Crippen LogP contribution is -2.29. The van der Waals surface area contributed by atoms with Crippen LogP contribution in [0, 0.1) is 3.57 Å². The van der Waals surface area contributed by atoms with Crippen molar-refractivity contribution in [2.24, 2.45) is 0 Å². The van der Waals surface area contributed by atoms with Gasteiger partial charge in [0.15, 0.2) is 11.5 Å². The Hall–Kier alpha value is -0.930. The highest BCUT2D eigenvalue weighted by atomic mass is 127. The first-order chi connectivity index (χ1) is 12.0. The Morgan fingerprint density at radius 2 is 2.04 bits per heavy atom. The van der Waals surface area contributed by atoms with Crippen LogP contribution in [0.2, 0.25) is 0 Å². The molecule has 1 fully saturated rings. The predicted octanol–water partition coefficient (Wildman–Crippen LogP) is 2.52. The van der Waals surface area contributed by atoms with Crippen LogP contribution in [0.3, 0.4) is 0 Å². The van der Waals surface area contributed by atoms with E-state index in [1.165, 1.54) is 7.11 Å². The summed E-state index contributed by atoms with van der Waals surface area (Å²) in [5.74, 6) is 0.0294. The van der Waals surface area contributed by atoms with Crippen LogP contribution in [0.4, 0.5) is 0 Å². The Balaban J connectivity index is 2.24. The molecule has 1 aromatic heterocycles. The molecule has 7 heteroatoms. The van der Waals surface area contributed by atoms with Crippen molar-refractivity contribution in [3.63, 3.8) is 0 Å². The molecule has 0 spiro atoms. The van der Waals surface area contributed by atoms with Crippen LogP contribution in [-0.4, -0.2) is 47.2 Å². The molecule has 0 radical (unpaired) electrons. The van der Waals surface area contributed by atoms with Gasteiger partial charge in [0.1, 0.15) is 5.69 Å². The summed E-state index contributed by atoms with van der Waals surface area (Å²) in [6.07, 6.45) is 4.10. The van der Waals surface area contributed by atoms with E-state index >= 15 is 0 Å². The van der Waals surface area contributed by atoms with E-state index < -0.39 is 0 Å². The molecule has 0 bridgehead atoms. The van der Waals surface area contributed by atoms with Gasteiger partial charge in [-0.3, -0.25) is 14.5 Å². The molecule has 2 aliphatic rings. The summed E-state index contributed by atoms with van der Waals surface area (Å²) in [4.78, 5) is 28.0. The first-order valence-electron chi connectivity index (χ1n) is 8.95. The summed E-state index contributed by atoms with van der Waals surface area (Å²) in [5, 5.41) is 9.96. The van der Waals surface area contributed by atoms with Crippen molar-refractivity contribution in [2.45, 2.75) is 51.1 Å². The number of methoxy groups -OCH3 is 1. The zero-order valence-electron chi connectivity index (χ0n) is 14.8. The van der Waals surface area contributed by atoms with Crippen LogP contribution in [0.25, 0.3) is 0 Å². The summed E-state index contributed by atoms with van der Waals surface area (Å²) >= 11 is 2.08. The lowest BCUT2D eigenvalue weighted by Gasteiger charge is -2.25. The number of nitrogens with zero attached hydrogens (tertiary/aromatic N) is 2. The van der Waals surface area contributed by atoms with Gasteiger partial charge in [0, 0.05) is 6.42 Å². The number of carbonyl (C=O) groups is 1. The van der Waals surface area contributed by atoms with E-state index in [1.54, 1.807) is 0 Å². The number of ketones is 1. The Bertz CT molecular complexity index is 725. The first kappa shape index (κ1) is 18.8. The quantitative estimate of drug-likeness (QED) is 0.522. The van der Waals surface area contributed by atoms with Crippen molar-refractivity contribution >= 4 is 28.4 Å². The van der Waals surface area contributed by atoms with Gasteiger partial charge in [-0.15, -0.1) is 0 Å². The number of halogens is 1. The first-order valence-corrected chi connectivity index (χ1v) is 10.0. The Morgan fingerprint density at radius 1 is 1.36 bits per heavy atom. The molecule has 1 N–H and O–H groups in total. The maximum Gasteiger partial charge on any atom is 0.237 e. The second-order valence-electron chi connectivity index (χ2n) is 6.78. The van der Waals surface area contributed by atoms with Crippen molar-refractivity contribution in [3.05, 3.63) is 25.2 Å². The van der Waals surface area contributed by atoms with Crippen LogP contribution < -0.4 is 10.2 Å². The third-order valence-electron chi connectivity index (χ3n) is 5.26. The van der Waals surface area contributed by atoms with Crippen molar-refractivity contribution in [1.29, 1.82) is 0 Å². The van der Waals surface area contributed by atoms with Gasteiger partial charge >= 0.3 is 0 Å². The maximum atomic E-state index is 12.9. The smallest absolute Gasteiger partial charge is 0.237 e. The summed E-state index contributed by atoms with van der Waals surface area (Å²) in [6, 6.07) is -0.113. The van der Waals surface area contributed by atoms with Gasteiger partial charge in [0.25, 0.3) is 0 Å². The largest absolute Gasteiger partial charge is 0.491 e. The van der Waals surface area contributed by atoms with Crippen LogP contribution in [0.15, 0.2) is 4.79 Å². The minimum Gasteiger partial charge on any atom is -0.491 e. The average molecular weight is 460 g/mol. The fraction of sp³-hybridized carbons (Fsp3) is 0.667. The Kier molecular flexibility index (Phi) is 5.85. The van der Waals surface area contributed by atoms with Gasteiger partial charge in [-0.25, -0.2) is 0 Å². The number of aliphatic hydroxyl groups is 1. The van der Waals surface area contributed by atoms with Crippen LogP contribution >= 0.6 is 22.6 Å². The molecule has 0 aliphatic carbocycles. The van der Waals surface area contributed by atoms with Crippen molar-refractivity contribution in [1.82, 2.24) is 9.47 Å². The third-order valence-corrected chi connectivity index (χ3v) is 6.30. The van der Waals surface area contributed by atoms with E-state index in [4.69, 9.17) is 4.74 Å². The molecule has 0 aromatic carbocycles. The highest BCUT2D eigenvalue weighted by Crippen LogP contribution is 2.43. The van der Waals surface area contributed by atoms with Crippen molar-refractivity contribution in [3.8, 4) is 5.75 Å². The molecule has 2 atom stereocenters. The lowest BCUT2D eigenvalue weighted by atomic mass is 10.1. The number of hydrogen-bond acceptors (Lipinski definition) is 5. The summed E-state index contributed by atoms with van der Waals surface area (Å²) < 4.78 is 7.86. The molecule has 3 rings (SSSR count). The zero-order valence-corrected chi connectivity index (χ0v) is 16.9. The molecule has 6 nitrogen and oxygen atoms in total. The normalized spacial score (nSPS) is 23.0. The number of carbonyl (C=O) groups excluding carboxylic acids is 1. The fourth-order valence-corrected chi connectivity index (χ4v) is 5.01. The summed E-state index contributed by atoms with van der Waals surface area (Å²) in [5.41, 5.74) is 1.01. The number of pyridine rings is 1. The van der Waals surface area contributed by atoms with E-state index in [0.717, 1.165) is 38.0 Å². The molecule has 0 amide bonds. The molecule has 1 aromatic rings. The predicted molar refractivity (Wildman–Crippen MR) is 103 cm³/mol. The SMILES string of the molecule is CCCC(=O)c1c(OC)c(=O)c(I)c2n1[C@H](CO)C[C@H]2N1CCCC1. The standard InChI is InChI=1S/C18H25IN2O4/c1-3-6-13(23)16-18(25-2)17(24)14(19)15-12(20-7-4-5-8-20)9-11(10-22)21(15)16/h11-12,22H,3-10H2,1-2H3/t11-,12+/m0/s1. The number of likely N-dealkylation sites (tertiary alicyclic amines) is 1. The van der Waals surface area contributed by atoms with E-state index in [0.29, 0.717) is 22.1 Å². The second-order valence-corrected chi connectivity index (χ2v) is 7.86. The number of rotatable bonds is 6. The number of hydrogen-bond donors (Lipinski definition) is 1. The number of aromatic nitrogens is 1. The molecule has 2 aliphatic heterocycles. The highest BCUT2D eigenvalue weighted by Gasteiger charge is 2.41. The number of fused-ring (bicyclic) bond motifs is 1. The van der Waals surface area contributed by atoms with E-state index in [1.807, 2.05) is 11.5 Å². The maximum absolute atomic E-state index is 12.9. The van der Waals surface area contributed by atoms with Crippen LogP contribution in [-0.2, 0) is 0 Å². The third kappa shape index (κ3) is 3.14. The van der Waals surface area contributed by atoms with Gasteiger partial charge in [0.05, 0.1) is 35.1 Å². The topological polar surface area (TPSA) is 71.8 Å². The molecule has 138 valence electrons. The second kappa shape index (κ2) is 7.75. The molecule has 25 heavy (non-hydrogen) atoms. The van der Waals surface area contributed by atoms with E-state index in [-0.39, 0.29) is 35.7 Å². The van der Waals surface area contributed by atoms with Crippen LogP contribution in [0.5, 0.6) is 5.75 Å². The fourth-order valence-electron chi connectivity index (χ4n) is 4.15. The van der Waals surface area contributed by atoms with Gasteiger partial charge in [-0.05, 0) is 61.4 Å². The Labute approximate surface area is 161 Å². The highest BCUT2D eigenvalue weighted by molar-refractivity contribution is 14.1. The van der Waals surface area contributed by atoms with E-state index in [2.05, 4.69) is 27.5 Å². The minimum absolute atomic E-state index is 0.0498.